The predicted molar refractivity (Wildman–Crippen MR) is 97.2 cm³/mol. The van der Waals surface area contributed by atoms with Crippen molar-refractivity contribution in [2.45, 2.75) is 6.92 Å². The van der Waals surface area contributed by atoms with Gasteiger partial charge in [-0.3, -0.25) is 4.79 Å². The van der Waals surface area contributed by atoms with Crippen molar-refractivity contribution in [1.82, 2.24) is 0 Å². The fraction of sp³-hybridized carbons (Fsp3) is 0.0500. The number of aryl methyl sites for hydroxylation is 1. The zero-order valence-corrected chi connectivity index (χ0v) is 14.1. The monoisotopic (exact) mass is 351 g/mol. The number of hydrogen-bond acceptors (Lipinski definition) is 3. The summed E-state index contributed by atoms with van der Waals surface area (Å²) in [7, 11) is 0. The molecule has 1 aliphatic rings. The molecule has 1 N–H and O–H groups in total. The summed E-state index contributed by atoms with van der Waals surface area (Å²) in [6, 6.07) is 18.0. The zero-order chi connectivity index (χ0) is 17.4. The van der Waals surface area contributed by atoms with Crippen LogP contribution in [0.15, 0.2) is 60.7 Å². The quantitative estimate of drug-likeness (QED) is 0.634. The molecular weight excluding hydrogens is 338 g/mol. The van der Waals surface area contributed by atoms with Crippen LogP contribution in [-0.4, -0.2) is 5.91 Å². The number of amides is 1. The molecule has 124 valence electrons. The number of nitrogens with one attached hydrogen (secondary N) is 1. The van der Waals surface area contributed by atoms with E-state index in [-0.39, 0.29) is 5.91 Å². The first-order valence-corrected chi connectivity index (χ1v) is 8.14. The Hall–Kier alpha value is -2.98. The highest BCUT2D eigenvalue weighted by atomic mass is 35.5. The Morgan fingerprint density at radius 1 is 0.960 bits per heavy atom. The minimum absolute atomic E-state index is 0.252. The fourth-order valence-electron chi connectivity index (χ4n) is 2.65. The summed E-state index contributed by atoms with van der Waals surface area (Å²) in [5.41, 5.74) is 2.08. The number of hydrogen-bond donors (Lipinski definition) is 1. The number of fused-ring (bicyclic) bond motifs is 2. The van der Waals surface area contributed by atoms with Crippen LogP contribution in [0.5, 0.6) is 23.0 Å². The lowest BCUT2D eigenvalue weighted by atomic mass is 10.1. The highest BCUT2D eigenvalue weighted by molar-refractivity contribution is 6.31. The molecule has 0 aromatic heterocycles. The van der Waals surface area contributed by atoms with Gasteiger partial charge in [-0.2, -0.15) is 0 Å². The average molecular weight is 352 g/mol. The lowest BCUT2D eigenvalue weighted by Crippen LogP contribution is -2.10. The first-order chi connectivity index (χ1) is 12.1. The second-order valence-corrected chi connectivity index (χ2v) is 6.21. The van der Waals surface area contributed by atoms with Crippen LogP contribution in [0.3, 0.4) is 0 Å². The molecule has 0 bridgehead atoms. The van der Waals surface area contributed by atoms with Gasteiger partial charge in [0, 0.05) is 11.1 Å². The van der Waals surface area contributed by atoms with Gasteiger partial charge in [-0.1, -0.05) is 23.7 Å². The topological polar surface area (TPSA) is 47.6 Å². The average Bonchev–Trinajstić information content (AvgIpc) is 2.70. The molecule has 4 nitrogen and oxygen atoms in total. The van der Waals surface area contributed by atoms with E-state index in [0.717, 1.165) is 11.3 Å². The van der Waals surface area contributed by atoms with Gasteiger partial charge in [0.15, 0.2) is 5.75 Å². The number of carbonyl (C=O) groups is 1. The number of rotatable bonds is 2. The summed E-state index contributed by atoms with van der Waals surface area (Å²) >= 11 is 5.99. The minimum atomic E-state index is -0.252. The zero-order valence-electron chi connectivity index (χ0n) is 13.4. The van der Waals surface area contributed by atoms with E-state index >= 15 is 0 Å². The van der Waals surface area contributed by atoms with E-state index in [1.54, 1.807) is 36.4 Å². The molecule has 5 heteroatoms. The summed E-state index contributed by atoms with van der Waals surface area (Å²) in [6.45, 7) is 2.00. The minimum Gasteiger partial charge on any atom is -0.457 e. The summed E-state index contributed by atoms with van der Waals surface area (Å²) in [6.07, 6.45) is 0. The SMILES string of the molecule is Cc1cccc(Oc2ccc3c(c2)Oc2ccc(Cl)cc2NC3=O)c1. The molecular formula is C20H14ClNO3. The Morgan fingerprint density at radius 2 is 1.80 bits per heavy atom. The third kappa shape index (κ3) is 3.16. The van der Waals surface area contributed by atoms with E-state index < -0.39 is 0 Å². The van der Waals surface area contributed by atoms with Crippen molar-refractivity contribution in [1.29, 1.82) is 0 Å². The van der Waals surface area contributed by atoms with Crippen LogP contribution in [0.4, 0.5) is 5.69 Å². The van der Waals surface area contributed by atoms with Crippen molar-refractivity contribution >= 4 is 23.2 Å². The van der Waals surface area contributed by atoms with Crippen LogP contribution in [0, 0.1) is 6.92 Å². The van der Waals surface area contributed by atoms with Gasteiger partial charge in [-0.25, -0.2) is 0 Å². The molecule has 1 amide bonds. The smallest absolute Gasteiger partial charge is 0.259 e. The number of carbonyl (C=O) groups excluding carboxylic acids is 1. The first kappa shape index (κ1) is 15.5. The Bertz CT molecular complexity index is 984. The van der Waals surface area contributed by atoms with Crippen molar-refractivity contribution in [3.63, 3.8) is 0 Å². The summed E-state index contributed by atoms with van der Waals surface area (Å²) in [5, 5.41) is 3.33. The van der Waals surface area contributed by atoms with Crippen molar-refractivity contribution in [3.05, 3.63) is 76.8 Å². The van der Waals surface area contributed by atoms with E-state index in [2.05, 4.69) is 5.32 Å². The highest BCUT2D eigenvalue weighted by Gasteiger charge is 2.21. The molecule has 0 unspecified atom stereocenters. The molecule has 0 saturated carbocycles. The van der Waals surface area contributed by atoms with Gasteiger partial charge >= 0.3 is 0 Å². The number of ether oxygens (including phenoxy) is 2. The van der Waals surface area contributed by atoms with Crippen LogP contribution in [0.1, 0.15) is 15.9 Å². The van der Waals surface area contributed by atoms with E-state index in [1.807, 2.05) is 31.2 Å². The Labute approximate surface area is 150 Å². The third-order valence-corrected chi connectivity index (χ3v) is 4.07. The van der Waals surface area contributed by atoms with Crippen molar-refractivity contribution < 1.29 is 14.3 Å². The molecule has 4 rings (SSSR count). The molecule has 0 radical (unpaired) electrons. The number of anilines is 1. The van der Waals surface area contributed by atoms with Crippen molar-refractivity contribution in [3.8, 4) is 23.0 Å². The van der Waals surface area contributed by atoms with Gasteiger partial charge in [0.05, 0.1) is 11.3 Å². The maximum atomic E-state index is 12.4. The Kier molecular flexibility index (Phi) is 3.82. The molecule has 0 spiro atoms. The van der Waals surface area contributed by atoms with Crippen LogP contribution in [-0.2, 0) is 0 Å². The standard InChI is InChI=1S/C20H14ClNO3/c1-12-3-2-4-14(9-12)24-15-6-7-16-19(11-15)25-18-8-5-13(21)10-17(18)22-20(16)23/h2-11H,1H3,(H,22,23). The second kappa shape index (κ2) is 6.15. The number of benzene rings is 3. The molecule has 0 aliphatic carbocycles. The Balaban J connectivity index is 1.70. The fourth-order valence-corrected chi connectivity index (χ4v) is 2.82. The predicted octanol–water partition coefficient (Wildman–Crippen LogP) is 5.80. The summed E-state index contributed by atoms with van der Waals surface area (Å²) in [5.74, 6) is 2.03. The van der Waals surface area contributed by atoms with Gasteiger partial charge in [0.1, 0.15) is 17.2 Å². The van der Waals surface area contributed by atoms with Gasteiger partial charge in [-0.05, 0) is 55.0 Å². The van der Waals surface area contributed by atoms with Crippen LogP contribution >= 0.6 is 11.6 Å². The Morgan fingerprint density at radius 3 is 2.64 bits per heavy atom. The van der Waals surface area contributed by atoms with Crippen LogP contribution in [0.2, 0.25) is 5.02 Å². The third-order valence-electron chi connectivity index (χ3n) is 3.83. The number of halogens is 1. The largest absolute Gasteiger partial charge is 0.457 e. The normalized spacial score (nSPS) is 12.3. The maximum Gasteiger partial charge on any atom is 0.259 e. The lowest BCUT2D eigenvalue weighted by Gasteiger charge is -2.11. The van der Waals surface area contributed by atoms with Crippen molar-refractivity contribution in [2.75, 3.05) is 5.32 Å². The molecule has 1 heterocycles. The van der Waals surface area contributed by atoms with Gasteiger partial charge < -0.3 is 14.8 Å². The second-order valence-electron chi connectivity index (χ2n) is 5.77. The first-order valence-electron chi connectivity index (χ1n) is 7.76. The van der Waals surface area contributed by atoms with Crippen LogP contribution < -0.4 is 14.8 Å². The lowest BCUT2D eigenvalue weighted by molar-refractivity contribution is 0.102. The van der Waals surface area contributed by atoms with E-state index in [1.165, 1.54) is 0 Å². The molecule has 25 heavy (non-hydrogen) atoms. The summed E-state index contributed by atoms with van der Waals surface area (Å²) in [4.78, 5) is 12.4. The summed E-state index contributed by atoms with van der Waals surface area (Å²) < 4.78 is 11.8. The van der Waals surface area contributed by atoms with Gasteiger partial charge in [0.25, 0.3) is 5.91 Å². The van der Waals surface area contributed by atoms with Crippen molar-refractivity contribution in [2.24, 2.45) is 0 Å². The van der Waals surface area contributed by atoms with E-state index in [0.29, 0.717) is 33.5 Å². The van der Waals surface area contributed by atoms with E-state index in [4.69, 9.17) is 21.1 Å². The molecule has 3 aromatic carbocycles. The van der Waals surface area contributed by atoms with Crippen LogP contribution in [0.25, 0.3) is 0 Å². The van der Waals surface area contributed by atoms with E-state index in [9.17, 15) is 4.79 Å². The highest BCUT2D eigenvalue weighted by Crippen LogP contribution is 2.39. The maximum absolute atomic E-state index is 12.4. The molecule has 3 aromatic rings. The van der Waals surface area contributed by atoms with Gasteiger partial charge in [-0.15, -0.1) is 0 Å². The molecule has 0 fully saturated rings. The molecule has 0 saturated heterocycles. The van der Waals surface area contributed by atoms with Gasteiger partial charge in [0.2, 0.25) is 0 Å². The molecule has 0 atom stereocenters. The molecule has 1 aliphatic heterocycles.